The Morgan fingerprint density at radius 3 is 2.56 bits per heavy atom. The third-order valence-electron chi connectivity index (χ3n) is 11.5. The number of aromatic hydroxyl groups is 1. The molecule has 48 heavy (non-hydrogen) atoms. The molecule has 1 N–H and O–H groups in total. The number of hydrogen-bond donors (Lipinski definition) is 1. The predicted octanol–water partition coefficient (Wildman–Crippen LogP) is 6.90. The van der Waals surface area contributed by atoms with Gasteiger partial charge in [-0.2, -0.15) is 0 Å². The van der Waals surface area contributed by atoms with Crippen LogP contribution in [0.3, 0.4) is 0 Å². The molecule has 2 bridgehead atoms. The lowest BCUT2D eigenvalue weighted by atomic mass is 9.50. The summed E-state index contributed by atoms with van der Waals surface area (Å²) in [5.74, 6) is 1.11. The van der Waals surface area contributed by atoms with Crippen molar-refractivity contribution < 1.29 is 24.2 Å². The number of esters is 1. The molecule has 4 aliphatic rings. The van der Waals surface area contributed by atoms with Crippen molar-refractivity contribution in [2.75, 3.05) is 26.2 Å². The van der Waals surface area contributed by atoms with Gasteiger partial charge >= 0.3 is 5.97 Å². The second kappa shape index (κ2) is 13.9. The van der Waals surface area contributed by atoms with Crippen molar-refractivity contribution in [1.29, 1.82) is 0 Å². The molecule has 0 aromatic heterocycles. The second-order valence-electron chi connectivity index (χ2n) is 14.2. The van der Waals surface area contributed by atoms with Gasteiger partial charge in [-0.25, -0.2) is 0 Å². The average Bonchev–Trinajstić information content (AvgIpc) is 3.43. The third kappa shape index (κ3) is 5.96. The maximum absolute atomic E-state index is 13.8. The van der Waals surface area contributed by atoms with Crippen LogP contribution in [-0.2, 0) is 23.1 Å². The van der Waals surface area contributed by atoms with E-state index in [4.69, 9.17) is 9.47 Å². The number of aryl methyl sites for hydroxylation is 1. The first-order chi connectivity index (χ1) is 23.4. The lowest BCUT2D eigenvalue weighted by Crippen LogP contribution is -2.69. The molecule has 2 aliphatic carbocycles. The number of unbranched alkanes of at least 4 members (excludes halogenated alkanes) is 3. The highest BCUT2D eigenvalue weighted by molar-refractivity contribution is 5.97. The van der Waals surface area contributed by atoms with E-state index in [1.807, 2.05) is 36.4 Å². The fraction of sp³-hybridized carbons (Fsp3) is 0.463. The first-order valence-corrected chi connectivity index (χ1v) is 17.9. The zero-order chi connectivity index (χ0) is 33.3. The Morgan fingerprint density at radius 2 is 1.81 bits per heavy atom. The molecule has 5 atom stereocenters. The zero-order valence-electron chi connectivity index (χ0n) is 28.1. The number of carbonyl (C=O) groups excluding carboxylic acids is 2. The predicted molar refractivity (Wildman–Crippen MR) is 187 cm³/mol. The Bertz CT molecular complexity index is 1640. The van der Waals surface area contributed by atoms with Crippen LogP contribution in [-0.4, -0.2) is 71.0 Å². The molecule has 0 unspecified atom stereocenters. The molecule has 7 heteroatoms. The Kier molecular flexibility index (Phi) is 9.43. The normalized spacial score (nSPS) is 25.3. The molecular weight excluding hydrogens is 600 g/mol. The number of benzene rings is 3. The van der Waals surface area contributed by atoms with Gasteiger partial charge in [0.1, 0.15) is 11.9 Å². The van der Waals surface area contributed by atoms with Crippen molar-refractivity contribution in [1.82, 2.24) is 9.80 Å². The lowest BCUT2D eigenvalue weighted by molar-refractivity contribution is -0.132. The van der Waals surface area contributed by atoms with Crippen LogP contribution in [0.2, 0.25) is 0 Å². The number of carbonyl (C=O) groups is 2. The van der Waals surface area contributed by atoms with Crippen molar-refractivity contribution in [2.45, 2.75) is 88.3 Å². The number of rotatable bonds is 14. The molecular formula is C41H48N2O5. The minimum absolute atomic E-state index is 0.00973. The molecule has 0 amide bonds. The number of Topliss-reactive ketones (excluding diaryl/α,β-unsaturated/α-hetero) is 1. The van der Waals surface area contributed by atoms with Gasteiger partial charge in [0.05, 0.1) is 6.54 Å². The summed E-state index contributed by atoms with van der Waals surface area (Å²) in [5.41, 5.74) is 3.75. The number of likely N-dealkylation sites (tertiary alicyclic amines) is 1. The summed E-state index contributed by atoms with van der Waals surface area (Å²) in [7, 11) is 0. The maximum atomic E-state index is 13.8. The van der Waals surface area contributed by atoms with Crippen LogP contribution in [0.15, 0.2) is 79.4 Å². The summed E-state index contributed by atoms with van der Waals surface area (Å²) < 4.78 is 12.7. The number of ether oxygens (including phenoxy) is 2. The number of ketones is 1. The summed E-state index contributed by atoms with van der Waals surface area (Å²) in [6.07, 6.45) is 10.8. The summed E-state index contributed by atoms with van der Waals surface area (Å²) in [6, 6.07) is 22.1. The van der Waals surface area contributed by atoms with Crippen LogP contribution < -0.4 is 9.47 Å². The molecule has 2 heterocycles. The molecule has 0 radical (unpaired) electrons. The Hall–Kier alpha value is -3.94. The van der Waals surface area contributed by atoms with Gasteiger partial charge < -0.3 is 14.6 Å². The summed E-state index contributed by atoms with van der Waals surface area (Å²) >= 11 is 0. The topological polar surface area (TPSA) is 79.3 Å². The molecule has 1 spiro atoms. The third-order valence-corrected chi connectivity index (χ3v) is 11.5. The van der Waals surface area contributed by atoms with E-state index in [1.54, 1.807) is 6.07 Å². The van der Waals surface area contributed by atoms with Gasteiger partial charge in [0.2, 0.25) is 0 Å². The molecule has 7 nitrogen and oxygen atoms in total. The van der Waals surface area contributed by atoms with E-state index in [0.717, 1.165) is 94.1 Å². The first kappa shape index (κ1) is 32.6. The largest absolute Gasteiger partial charge is 0.508 e. The first-order valence-electron chi connectivity index (χ1n) is 17.9. The van der Waals surface area contributed by atoms with Crippen LogP contribution in [0.25, 0.3) is 0 Å². The van der Waals surface area contributed by atoms with Crippen LogP contribution in [0.4, 0.5) is 0 Å². The van der Waals surface area contributed by atoms with Crippen molar-refractivity contribution in [3.05, 3.63) is 102 Å². The van der Waals surface area contributed by atoms with E-state index >= 15 is 0 Å². The van der Waals surface area contributed by atoms with Crippen LogP contribution in [0.5, 0.6) is 17.2 Å². The van der Waals surface area contributed by atoms with E-state index in [2.05, 4.69) is 46.7 Å². The molecule has 1 saturated carbocycles. The van der Waals surface area contributed by atoms with Crippen molar-refractivity contribution in [3.8, 4) is 17.2 Å². The van der Waals surface area contributed by atoms with E-state index in [1.165, 1.54) is 12.5 Å². The molecule has 3 aromatic rings. The van der Waals surface area contributed by atoms with E-state index in [0.29, 0.717) is 24.0 Å². The maximum Gasteiger partial charge on any atom is 0.308 e. The Morgan fingerprint density at radius 1 is 1.06 bits per heavy atom. The fourth-order valence-electron chi connectivity index (χ4n) is 9.55. The number of piperidine rings is 1. The van der Waals surface area contributed by atoms with E-state index in [9.17, 15) is 14.7 Å². The van der Waals surface area contributed by atoms with Gasteiger partial charge in [-0.3, -0.25) is 19.4 Å². The van der Waals surface area contributed by atoms with Gasteiger partial charge in [0, 0.05) is 53.7 Å². The SMILES string of the molecule is C=CCN1CC[C@]23c4c5c(O)cc(OC(C)=O)c4O[C@H]2[C@@H](N(CCCCCCc2ccccc2)CC(=O)c2ccccc2)CC[C@H]3[C@H]1C5. The van der Waals surface area contributed by atoms with Gasteiger partial charge in [-0.15, -0.1) is 6.58 Å². The van der Waals surface area contributed by atoms with Gasteiger partial charge in [-0.1, -0.05) is 79.6 Å². The fourth-order valence-corrected chi connectivity index (χ4v) is 9.55. The monoisotopic (exact) mass is 648 g/mol. The summed E-state index contributed by atoms with van der Waals surface area (Å²) in [4.78, 5) is 30.9. The minimum atomic E-state index is -0.438. The number of hydrogen-bond acceptors (Lipinski definition) is 7. The van der Waals surface area contributed by atoms with Crippen molar-refractivity contribution >= 4 is 11.8 Å². The summed E-state index contributed by atoms with van der Waals surface area (Å²) in [5, 5.41) is 11.4. The van der Waals surface area contributed by atoms with Crippen LogP contribution in [0, 0.1) is 5.92 Å². The number of phenols is 1. The second-order valence-corrected chi connectivity index (χ2v) is 14.2. The lowest BCUT2D eigenvalue weighted by Gasteiger charge is -2.60. The summed E-state index contributed by atoms with van der Waals surface area (Å²) in [6.45, 7) is 8.28. The number of nitrogens with zero attached hydrogens (tertiary/aromatic N) is 2. The highest BCUT2D eigenvalue weighted by atomic mass is 16.6. The van der Waals surface area contributed by atoms with Crippen LogP contribution in [0.1, 0.15) is 78.9 Å². The Labute approximate surface area is 284 Å². The highest BCUT2D eigenvalue weighted by Gasteiger charge is 2.66. The number of phenolic OH excluding ortho intramolecular Hbond substituents is 1. The Balaban J connectivity index is 1.19. The highest BCUT2D eigenvalue weighted by Crippen LogP contribution is 2.65. The quantitative estimate of drug-likeness (QED) is 0.0670. The molecule has 2 aliphatic heterocycles. The van der Waals surface area contributed by atoms with Gasteiger partial charge in [-0.05, 0) is 69.5 Å². The molecule has 1 saturated heterocycles. The molecule has 7 rings (SSSR count). The van der Waals surface area contributed by atoms with Crippen molar-refractivity contribution in [2.24, 2.45) is 5.92 Å². The smallest absolute Gasteiger partial charge is 0.308 e. The van der Waals surface area contributed by atoms with Crippen LogP contribution >= 0.6 is 0 Å². The zero-order valence-corrected chi connectivity index (χ0v) is 28.1. The van der Waals surface area contributed by atoms with Gasteiger partial charge in [0.15, 0.2) is 17.3 Å². The molecule has 2 fully saturated rings. The van der Waals surface area contributed by atoms with E-state index in [-0.39, 0.29) is 35.1 Å². The van der Waals surface area contributed by atoms with Gasteiger partial charge in [0.25, 0.3) is 0 Å². The molecule has 252 valence electrons. The van der Waals surface area contributed by atoms with E-state index < -0.39 is 5.97 Å². The molecule has 3 aromatic carbocycles. The van der Waals surface area contributed by atoms with Crippen molar-refractivity contribution in [3.63, 3.8) is 0 Å². The minimum Gasteiger partial charge on any atom is -0.508 e. The standard InChI is InChI=1S/C41H48N2O5/c1-3-22-42-24-21-41-32-19-20-33(40(41)48-39-37(47-28(2)44)26-35(45)31(38(39)41)25-34(32)42)43(27-36(46)30-17-11-7-12-18-30)23-13-5-4-8-14-29-15-9-6-10-16-29/h3,6-7,9-12,15-18,26,32-34,40,45H,1,4-5,8,13-14,19-25,27H2,2H3/t32-,33-,34+,40-,41-/m0/s1. The average molecular weight is 649 g/mol.